The topological polar surface area (TPSA) is 12.0 Å². The molecule has 0 heterocycles. The highest BCUT2D eigenvalue weighted by molar-refractivity contribution is 5.37. The largest absolute Gasteiger partial charge is 0.310 e. The smallest absolute Gasteiger partial charge is 0.0356 e. The van der Waals surface area contributed by atoms with Gasteiger partial charge in [0, 0.05) is 6.04 Å². The Balaban J connectivity index is 1.87. The third kappa shape index (κ3) is 1.89. The second-order valence-corrected chi connectivity index (χ2v) is 6.16. The first-order chi connectivity index (χ1) is 8.74. The van der Waals surface area contributed by atoms with Gasteiger partial charge in [-0.2, -0.15) is 0 Å². The minimum absolute atomic E-state index is 0.602. The molecule has 0 aliphatic heterocycles. The molecule has 1 aromatic carbocycles. The van der Waals surface area contributed by atoms with Crippen LogP contribution in [0.5, 0.6) is 0 Å². The third-order valence-corrected chi connectivity index (χ3v) is 5.26. The van der Waals surface area contributed by atoms with Crippen LogP contribution < -0.4 is 5.32 Å². The number of rotatable bonds is 4. The lowest BCUT2D eigenvalue weighted by atomic mass is 9.91. The summed E-state index contributed by atoms with van der Waals surface area (Å²) in [6.45, 7) is 7.83. The van der Waals surface area contributed by atoms with Crippen molar-refractivity contribution in [1.82, 2.24) is 5.32 Å². The maximum absolute atomic E-state index is 3.76. The minimum atomic E-state index is 0.602. The fourth-order valence-corrected chi connectivity index (χ4v) is 4.16. The van der Waals surface area contributed by atoms with Crippen molar-refractivity contribution in [2.75, 3.05) is 6.54 Å². The lowest BCUT2D eigenvalue weighted by Gasteiger charge is -2.23. The van der Waals surface area contributed by atoms with Gasteiger partial charge in [-0.15, -0.1) is 0 Å². The predicted molar refractivity (Wildman–Crippen MR) is 76.7 cm³/mol. The van der Waals surface area contributed by atoms with Crippen molar-refractivity contribution in [2.24, 2.45) is 17.8 Å². The zero-order chi connectivity index (χ0) is 12.7. The molecular weight excluding hydrogens is 218 g/mol. The molecule has 18 heavy (non-hydrogen) atoms. The number of fused-ring (bicyclic) bond motifs is 1. The molecule has 2 aliphatic carbocycles. The Morgan fingerprint density at radius 1 is 1.22 bits per heavy atom. The molecule has 98 valence electrons. The van der Waals surface area contributed by atoms with E-state index in [-0.39, 0.29) is 0 Å². The summed E-state index contributed by atoms with van der Waals surface area (Å²) in [5.41, 5.74) is 4.48. The molecule has 2 fully saturated rings. The van der Waals surface area contributed by atoms with Crippen LogP contribution in [-0.2, 0) is 0 Å². The van der Waals surface area contributed by atoms with E-state index in [9.17, 15) is 0 Å². The van der Waals surface area contributed by atoms with Crippen LogP contribution in [0.3, 0.4) is 0 Å². The molecule has 1 heteroatoms. The van der Waals surface area contributed by atoms with Gasteiger partial charge in [0.05, 0.1) is 0 Å². The Hall–Kier alpha value is -0.820. The third-order valence-electron chi connectivity index (χ3n) is 5.26. The van der Waals surface area contributed by atoms with Crippen molar-refractivity contribution in [3.05, 3.63) is 34.9 Å². The second-order valence-electron chi connectivity index (χ2n) is 6.16. The van der Waals surface area contributed by atoms with E-state index in [2.05, 4.69) is 44.3 Å². The Morgan fingerprint density at radius 3 is 2.61 bits per heavy atom. The van der Waals surface area contributed by atoms with Gasteiger partial charge in [-0.25, -0.2) is 0 Å². The van der Waals surface area contributed by atoms with E-state index in [1.54, 1.807) is 5.56 Å². The van der Waals surface area contributed by atoms with Crippen LogP contribution in [0.2, 0.25) is 0 Å². The quantitative estimate of drug-likeness (QED) is 0.843. The number of hydrogen-bond donors (Lipinski definition) is 1. The molecule has 3 rings (SSSR count). The monoisotopic (exact) mass is 243 g/mol. The first-order valence-corrected chi connectivity index (χ1v) is 7.53. The molecule has 2 saturated carbocycles. The molecule has 0 spiro atoms. The summed E-state index contributed by atoms with van der Waals surface area (Å²) in [5.74, 6) is 2.96. The molecular formula is C17H25N. The highest BCUT2D eigenvalue weighted by Crippen LogP contribution is 2.62. The van der Waals surface area contributed by atoms with Crippen molar-refractivity contribution in [2.45, 2.75) is 46.1 Å². The van der Waals surface area contributed by atoms with Crippen LogP contribution in [-0.4, -0.2) is 6.54 Å². The van der Waals surface area contributed by atoms with Crippen LogP contribution in [0.4, 0.5) is 0 Å². The number of hydrogen-bond acceptors (Lipinski definition) is 1. The van der Waals surface area contributed by atoms with Crippen LogP contribution in [0.15, 0.2) is 18.2 Å². The summed E-state index contributed by atoms with van der Waals surface area (Å²) >= 11 is 0. The summed E-state index contributed by atoms with van der Waals surface area (Å²) in [7, 11) is 0. The highest BCUT2D eigenvalue weighted by Gasteiger charge is 2.56. The fourth-order valence-electron chi connectivity index (χ4n) is 4.16. The summed E-state index contributed by atoms with van der Waals surface area (Å²) in [5, 5.41) is 3.76. The highest BCUT2D eigenvalue weighted by atomic mass is 14.9. The molecule has 1 N–H and O–H groups in total. The van der Waals surface area contributed by atoms with Gasteiger partial charge in [-0.1, -0.05) is 31.5 Å². The van der Waals surface area contributed by atoms with Crippen molar-refractivity contribution in [1.29, 1.82) is 0 Å². The molecule has 3 atom stereocenters. The van der Waals surface area contributed by atoms with Crippen molar-refractivity contribution in [3.63, 3.8) is 0 Å². The molecule has 0 amide bonds. The maximum atomic E-state index is 3.76. The standard InChI is InChI=1S/C17H25N/c1-4-18-17(16-14-9-6-10-15(14)16)13-8-5-7-11(2)12(13)3/h5,7-8,14-18H,4,6,9-10H2,1-3H3. The van der Waals surface area contributed by atoms with Gasteiger partial charge < -0.3 is 5.32 Å². The van der Waals surface area contributed by atoms with Gasteiger partial charge in [-0.3, -0.25) is 0 Å². The average molecular weight is 243 g/mol. The van der Waals surface area contributed by atoms with E-state index in [1.807, 2.05) is 0 Å². The molecule has 1 nitrogen and oxygen atoms in total. The summed E-state index contributed by atoms with van der Waals surface area (Å²) in [6, 6.07) is 7.39. The van der Waals surface area contributed by atoms with E-state index in [0.717, 1.165) is 24.3 Å². The van der Waals surface area contributed by atoms with Crippen LogP contribution in [0.1, 0.15) is 48.9 Å². The summed E-state index contributed by atoms with van der Waals surface area (Å²) in [6.07, 6.45) is 4.42. The van der Waals surface area contributed by atoms with Gasteiger partial charge in [0.25, 0.3) is 0 Å². The molecule has 1 aromatic rings. The number of aryl methyl sites for hydroxylation is 1. The van der Waals surface area contributed by atoms with Crippen LogP contribution in [0.25, 0.3) is 0 Å². The SMILES string of the molecule is CCNC(c1cccc(C)c1C)C1C2CCCC21. The zero-order valence-electron chi connectivity index (χ0n) is 11.9. The number of benzene rings is 1. The van der Waals surface area contributed by atoms with E-state index < -0.39 is 0 Å². The average Bonchev–Trinajstić information content (AvgIpc) is 2.83. The Morgan fingerprint density at radius 2 is 1.94 bits per heavy atom. The Labute approximate surface area is 111 Å². The van der Waals surface area contributed by atoms with Crippen LogP contribution in [0, 0.1) is 31.6 Å². The molecule has 0 saturated heterocycles. The lowest BCUT2D eigenvalue weighted by Crippen LogP contribution is -2.25. The Bertz CT molecular complexity index is 427. The van der Waals surface area contributed by atoms with Gasteiger partial charge in [0.2, 0.25) is 0 Å². The molecule has 0 bridgehead atoms. The van der Waals surface area contributed by atoms with E-state index in [1.165, 1.54) is 30.4 Å². The van der Waals surface area contributed by atoms with E-state index in [0.29, 0.717) is 6.04 Å². The molecule has 0 aromatic heterocycles. The maximum Gasteiger partial charge on any atom is 0.0356 e. The predicted octanol–water partition coefficient (Wildman–Crippen LogP) is 4.00. The first kappa shape index (κ1) is 12.2. The minimum Gasteiger partial charge on any atom is -0.310 e. The van der Waals surface area contributed by atoms with Gasteiger partial charge in [0.15, 0.2) is 0 Å². The van der Waals surface area contributed by atoms with Gasteiger partial charge in [-0.05, 0) is 67.7 Å². The fraction of sp³-hybridized carbons (Fsp3) is 0.647. The summed E-state index contributed by atoms with van der Waals surface area (Å²) < 4.78 is 0. The molecule has 0 radical (unpaired) electrons. The van der Waals surface area contributed by atoms with Gasteiger partial charge >= 0.3 is 0 Å². The van der Waals surface area contributed by atoms with Crippen LogP contribution >= 0.6 is 0 Å². The van der Waals surface area contributed by atoms with E-state index in [4.69, 9.17) is 0 Å². The normalized spacial score (nSPS) is 31.2. The first-order valence-electron chi connectivity index (χ1n) is 7.53. The van der Waals surface area contributed by atoms with Crippen molar-refractivity contribution >= 4 is 0 Å². The molecule has 3 unspecified atom stereocenters. The van der Waals surface area contributed by atoms with Gasteiger partial charge in [0.1, 0.15) is 0 Å². The number of nitrogens with one attached hydrogen (secondary N) is 1. The van der Waals surface area contributed by atoms with Crippen molar-refractivity contribution < 1.29 is 0 Å². The zero-order valence-corrected chi connectivity index (χ0v) is 11.9. The summed E-state index contributed by atoms with van der Waals surface area (Å²) in [4.78, 5) is 0. The van der Waals surface area contributed by atoms with E-state index >= 15 is 0 Å². The lowest BCUT2D eigenvalue weighted by molar-refractivity contribution is 0.424. The van der Waals surface area contributed by atoms with Crippen molar-refractivity contribution in [3.8, 4) is 0 Å². The second kappa shape index (κ2) is 4.70. The molecule has 2 aliphatic rings. The Kier molecular flexibility index (Phi) is 3.19.